The maximum Gasteiger partial charge on any atom is 0.327 e. The predicted octanol–water partition coefficient (Wildman–Crippen LogP) is 2.59. The summed E-state index contributed by atoms with van der Waals surface area (Å²) in [6.45, 7) is 1.76. The molecule has 1 saturated heterocycles. The molecule has 1 aliphatic rings. The minimum Gasteiger partial charge on any atom is -0.480 e. The second-order valence-electron chi connectivity index (χ2n) is 4.43. The van der Waals surface area contributed by atoms with E-state index in [1.807, 2.05) is 6.07 Å². The van der Waals surface area contributed by atoms with Gasteiger partial charge in [-0.05, 0) is 25.1 Å². The summed E-state index contributed by atoms with van der Waals surface area (Å²) in [6.07, 6.45) is 0. The van der Waals surface area contributed by atoms with Gasteiger partial charge in [-0.15, -0.1) is 11.8 Å². The van der Waals surface area contributed by atoms with Gasteiger partial charge in [0.1, 0.15) is 6.04 Å². The molecule has 0 aliphatic carbocycles. The zero-order valence-electron chi connectivity index (χ0n) is 11.0. The molecule has 2 atom stereocenters. The number of hydrogen-bond acceptors (Lipinski definition) is 4. The summed E-state index contributed by atoms with van der Waals surface area (Å²) in [5.41, 5.74) is 0.641. The minimum atomic E-state index is -1.04. The van der Waals surface area contributed by atoms with Gasteiger partial charge in [-0.25, -0.2) is 9.59 Å². The number of carboxylic acid groups (broad SMARTS) is 1. The van der Waals surface area contributed by atoms with Crippen LogP contribution in [0.1, 0.15) is 12.5 Å². The topological polar surface area (TPSA) is 93.4 Å². The maximum absolute atomic E-state index is 12.3. The smallest absolute Gasteiger partial charge is 0.327 e. The molecule has 2 amide bonds. The van der Waals surface area contributed by atoms with Crippen LogP contribution in [-0.4, -0.2) is 39.2 Å². The number of benzene rings is 1. The number of carbonyl (C=O) groups is 2. The first-order valence-electron chi connectivity index (χ1n) is 6.07. The number of nitriles is 1. The molecule has 2 unspecified atom stereocenters. The Morgan fingerprint density at radius 1 is 1.57 bits per heavy atom. The molecule has 1 aliphatic heterocycles. The SMILES string of the molecule is CC1SCC(C(=O)O)N1C(=O)Nc1cc(C#N)ccc1Cl. The number of anilines is 1. The Bertz CT molecular complexity index is 632. The zero-order valence-corrected chi connectivity index (χ0v) is 12.6. The molecule has 0 spiro atoms. The van der Waals surface area contributed by atoms with Crippen molar-refractivity contribution in [2.24, 2.45) is 0 Å². The number of carboxylic acids is 1. The van der Waals surface area contributed by atoms with Crippen LogP contribution < -0.4 is 5.32 Å². The molecule has 1 aromatic carbocycles. The second-order valence-corrected chi connectivity index (χ2v) is 6.19. The van der Waals surface area contributed by atoms with Gasteiger partial charge in [-0.3, -0.25) is 4.90 Å². The molecule has 21 heavy (non-hydrogen) atoms. The Balaban J connectivity index is 2.21. The van der Waals surface area contributed by atoms with Crippen LogP contribution in [0.4, 0.5) is 10.5 Å². The normalized spacial score (nSPS) is 20.9. The summed E-state index contributed by atoms with van der Waals surface area (Å²) in [5, 5.41) is 20.6. The Labute approximate surface area is 130 Å². The van der Waals surface area contributed by atoms with Gasteiger partial charge in [-0.2, -0.15) is 5.26 Å². The highest BCUT2D eigenvalue weighted by Crippen LogP contribution is 2.30. The first-order chi connectivity index (χ1) is 9.93. The van der Waals surface area contributed by atoms with Gasteiger partial charge in [0.15, 0.2) is 0 Å². The molecule has 0 bridgehead atoms. The summed E-state index contributed by atoms with van der Waals surface area (Å²) in [5.74, 6) is -0.700. The van der Waals surface area contributed by atoms with Crippen molar-refractivity contribution in [2.45, 2.75) is 18.3 Å². The average molecular weight is 326 g/mol. The fraction of sp³-hybridized carbons (Fsp3) is 0.308. The first kappa shape index (κ1) is 15.5. The molecule has 0 radical (unpaired) electrons. The van der Waals surface area contributed by atoms with E-state index < -0.39 is 18.0 Å². The molecule has 2 rings (SSSR count). The molecule has 0 saturated carbocycles. The van der Waals surface area contributed by atoms with Crippen molar-refractivity contribution in [3.05, 3.63) is 28.8 Å². The third kappa shape index (κ3) is 3.23. The number of urea groups is 1. The van der Waals surface area contributed by atoms with E-state index in [1.165, 1.54) is 34.9 Å². The van der Waals surface area contributed by atoms with E-state index in [4.69, 9.17) is 22.0 Å². The molecular weight excluding hydrogens is 314 g/mol. The lowest BCUT2D eigenvalue weighted by molar-refractivity contribution is -0.141. The largest absolute Gasteiger partial charge is 0.480 e. The molecule has 1 fully saturated rings. The quantitative estimate of drug-likeness (QED) is 0.871. The van der Waals surface area contributed by atoms with Gasteiger partial charge in [0, 0.05) is 5.75 Å². The van der Waals surface area contributed by atoms with Crippen LogP contribution in [0.5, 0.6) is 0 Å². The first-order valence-corrected chi connectivity index (χ1v) is 7.50. The van der Waals surface area contributed by atoms with Gasteiger partial charge in [0.25, 0.3) is 0 Å². The van der Waals surface area contributed by atoms with E-state index in [-0.39, 0.29) is 16.1 Å². The fourth-order valence-corrected chi connectivity index (χ4v) is 3.34. The Morgan fingerprint density at radius 2 is 2.29 bits per heavy atom. The minimum absolute atomic E-state index is 0.246. The number of nitrogens with zero attached hydrogens (tertiary/aromatic N) is 2. The van der Waals surface area contributed by atoms with E-state index in [1.54, 1.807) is 6.92 Å². The van der Waals surface area contributed by atoms with Crippen molar-refractivity contribution in [2.75, 3.05) is 11.1 Å². The fourth-order valence-electron chi connectivity index (χ4n) is 2.01. The van der Waals surface area contributed by atoms with Crippen LogP contribution in [0.15, 0.2) is 18.2 Å². The lowest BCUT2D eigenvalue weighted by Gasteiger charge is -2.25. The number of hydrogen-bond donors (Lipinski definition) is 2. The summed E-state index contributed by atoms with van der Waals surface area (Å²) in [6, 6.07) is 5.02. The highest BCUT2D eigenvalue weighted by Gasteiger charge is 2.39. The van der Waals surface area contributed by atoms with Crippen molar-refractivity contribution in [1.82, 2.24) is 4.90 Å². The standard InChI is InChI=1S/C13H12ClN3O3S/c1-7-17(11(6-21-7)12(18)19)13(20)16-10-4-8(5-15)2-3-9(10)14/h2-4,7,11H,6H2,1H3,(H,16,20)(H,18,19). The number of amides is 2. The molecule has 110 valence electrons. The molecular formula is C13H12ClN3O3S. The highest BCUT2D eigenvalue weighted by atomic mass is 35.5. The predicted molar refractivity (Wildman–Crippen MR) is 80.4 cm³/mol. The second kappa shape index (κ2) is 6.24. The summed E-state index contributed by atoms with van der Waals surface area (Å²) >= 11 is 7.37. The summed E-state index contributed by atoms with van der Waals surface area (Å²) in [4.78, 5) is 24.7. The van der Waals surface area contributed by atoms with Crippen LogP contribution in [0.3, 0.4) is 0 Å². The van der Waals surface area contributed by atoms with Crippen LogP contribution >= 0.6 is 23.4 Å². The van der Waals surface area contributed by atoms with Crippen molar-refractivity contribution in [3.63, 3.8) is 0 Å². The summed E-state index contributed by atoms with van der Waals surface area (Å²) in [7, 11) is 0. The number of aliphatic carboxylic acids is 1. The van der Waals surface area contributed by atoms with E-state index >= 15 is 0 Å². The molecule has 0 aromatic heterocycles. The number of carbonyl (C=O) groups excluding carboxylic acids is 1. The van der Waals surface area contributed by atoms with Crippen molar-refractivity contribution in [3.8, 4) is 6.07 Å². The average Bonchev–Trinajstić information content (AvgIpc) is 2.83. The number of halogens is 1. The van der Waals surface area contributed by atoms with Gasteiger partial charge in [0.05, 0.1) is 27.7 Å². The monoisotopic (exact) mass is 325 g/mol. The molecule has 6 nitrogen and oxygen atoms in total. The number of nitrogens with one attached hydrogen (secondary N) is 1. The van der Waals surface area contributed by atoms with Crippen LogP contribution in [0.2, 0.25) is 5.02 Å². The number of rotatable bonds is 2. The van der Waals surface area contributed by atoms with E-state index in [9.17, 15) is 9.59 Å². The van der Waals surface area contributed by atoms with Crippen molar-refractivity contribution < 1.29 is 14.7 Å². The lowest BCUT2D eigenvalue weighted by atomic mass is 10.2. The van der Waals surface area contributed by atoms with Crippen molar-refractivity contribution >= 4 is 41.1 Å². The molecule has 8 heteroatoms. The van der Waals surface area contributed by atoms with Gasteiger partial charge < -0.3 is 10.4 Å². The highest BCUT2D eigenvalue weighted by molar-refractivity contribution is 8.00. The van der Waals surface area contributed by atoms with Gasteiger partial charge in [-0.1, -0.05) is 11.6 Å². The third-order valence-electron chi connectivity index (χ3n) is 3.08. The molecule has 1 aromatic rings. The van der Waals surface area contributed by atoms with E-state index in [0.717, 1.165) is 0 Å². The summed E-state index contributed by atoms with van der Waals surface area (Å²) < 4.78 is 0. The molecule has 1 heterocycles. The Morgan fingerprint density at radius 3 is 2.90 bits per heavy atom. The van der Waals surface area contributed by atoms with Gasteiger partial charge in [0.2, 0.25) is 0 Å². The van der Waals surface area contributed by atoms with E-state index in [0.29, 0.717) is 11.3 Å². The Hall–Kier alpha value is -1.91. The third-order valence-corrected chi connectivity index (χ3v) is 4.63. The zero-order chi connectivity index (χ0) is 15.6. The van der Waals surface area contributed by atoms with Crippen molar-refractivity contribution in [1.29, 1.82) is 5.26 Å². The Kier molecular flexibility index (Phi) is 4.60. The van der Waals surface area contributed by atoms with E-state index in [2.05, 4.69) is 5.32 Å². The van der Waals surface area contributed by atoms with Crippen LogP contribution in [-0.2, 0) is 4.79 Å². The van der Waals surface area contributed by atoms with Gasteiger partial charge >= 0.3 is 12.0 Å². The lowest BCUT2D eigenvalue weighted by Crippen LogP contribution is -2.46. The number of thioether (sulfide) groups is 1. The maximum atomic E-state index is 12.3. The van der Waals surface area contributed by atoms with Crippen LogP contribution in [0, 0.1) is 11.3 Å². The van der Waals surface area contributed by atoms with Crippen LogP contribution in [0.25, 0.3) is 0 Å². The molecule has 2 N–H and O–H groups in total.